The lowest BCUT2D eigenvalue weighted by molar-refractivity contribution is -0.136. The number of nitrogens with zero attached hydrogens (tertiary/aromatic N) is 2. The molecule has 0 unspecified atom stereocenters. The minimum atomic E-state index is -0.503. The van der Waals surface area contributed by atoms with Crippen molar-refractivity contribution in [1.29, 1.82) is 0 Å². The van der Waals surface area contributed by atoms with E-state index in [1.807, 2.05) is 18.2 Å². The number of piperidine rings is 1. The topological polar surface area (TPSA) is 96.0 Å². The van der Waals surface area contributed by atoms with Crippen LogP contribution >= 0.6 is 11.8 Å². The summed E-state index contributed by atoms with van der Waals surface area (Å²) >= 11 is 0.793. The first-order valence-electron chi connectivity index (χ1n) is 11.1. The molecule has 8 nitrogen and oxygen atoms in total. The van der Waals surface area contributed by atoms with Gasteiger partial charge in [-0.2, -0.15) is 0 Å². The molecule has 0 spiro atoms. The van der Waals surface area contributed by atoms with E-state index in [2.05, 4.69) is 5.32 Å². The van der Waals surface area contributed by atoms with E-state index in [0.717, 1.165) is 35.9 Å². The Hall–Kier alpha value is -3.59. The molecule has 2 fully saturated rings. The molecule has 0 saturated carbocycles. The van der Waals surface area contributed by atoms with Gasteiger partial charge in [0, 0.05) is 24.3 Å². The fourth-order valence-corrected chi connectivity index (χ4v) is 4.58. The van der Waals surface area contributed by atoms with Crippen molar-refractivity contribution < 1.29 is 23.9 Å². The Balaban J connectivity index is 1.40. The summed E-state index contributed by atoms with van der Waals surface area (Å²) in [4.78, 5) is 53.0. The quantitative estimate of drug-likeness (QED) is 0.608. The summed E-state index contributed by atoms with van der Waals surface area (Å²) < 4.78 is 5.68. The Morgan fingerprint density at radius 1 is 0.971 bits per heavy atom. The number of hydrogen-bond donors (Lipinski definition) is 1. The van der Waals surface area contributed by atoms with Gasteiger partial charge in [0.05, 0.1) is 4.91 Å². The van der Waals surface area contributed by atoms with Crippen molar-refractivity contribution >= 4 is 46.5 Å². The molecule has 9 heteroatoms. The molecule has 2 saturated heterocycles. The monoisotopic (exact) mass is 479 g/mol. The van der Waals surface area contributed by atoms with Crippen LogP contribution in [0.25, 0.3) is 6.08 Å². The van der Waals surface area contributed by atoms with Crippen LogP contribution in [0.5, 0.6) is 5.75 Å². The van der Waals surface area contributed by atoms with Crippen LogP contribution in [-0.4, -0.2) is 59.0 Å². The Labute approximate surface area is 201 Å². The van der Waals surface area contributed by atoms with E-state index in [4.69, 9.17) is 4.74 Å². The Morgan fingerprint density at radius 2 is 1.68 bits per heavy atom. The second-order valence-corrected chi connectivity index (χ2v) is 8.94. The number of anilines is 1. The summed E-state index contributed by atoms with van der Waals surface area (Å²) in [6.07, 6.45) is 4.52. The average Bonchev–Trinajstić information content (AvgIpc) is 3.12. The van der Waals surface area contributed by atoms with E-state index in [9.17, 15) is 19.2 Å². The van der Waals surface area contributed by atoms with Gasteiger partial charge in [-0.3, -0.25) is 24.1 Å². The van der Waals surface area contributed by atoms with Crippen LogP contribution in [0.2, 0.25) is 0 Å². The van der Waals surface area contributed by atoms with Gasteiger partial charge in [0.25, 0.3) is 17.1 Å². The maximum Gasteiger partial charge on any atom is 0.294 e. The van der Waals surface area contributed by atoms with E-state index in [-0.39, 0.29) is 29.9 Å². The van der Waals surface area contributed by atoms with Crippen molar-refractivity contribution in [3.05, 3.63) is 65.1 Å². The molecule has 2 heterocycles. The largest absolute Gasteiger partial charge is 0.483 e. The molecule has 176 valence electrons. The molecular formula is C25H25N3O5S. The van der Waals surface area contributed by atoms with Crippen molar-refractivity contribution in [1.82, 2.24) is 9.80 Å². The first kappa shape index (κ1) is 23.6. The third-order valence-corrected chi connectivity index (χ3v) is 6.41. The summed E-state index contributed by atoms with van der Waals surface area (Å²) in [6, 6.07) is 16.0. The average molecular weight is 480 g/mol. The van der Waals surface area contributed by atoms with E-state index in [1.165, 1.54) is 0 Å². The lowest BCUT2D eigenvalue weighted by Crippen LogP contribution is -2.44. The molecule has 2 aliphatic rings. The maximum atomic E-state index is 12.9. The number of para-hydroxylation sites is 2. The lowest BCUT2D eigenvalue weighted by Gasteiger charge is -2.27. The molecule has 4 rings (SSSR count). The van der Waals surface area contributed by atoms with Crippen LogP contribution in [0, 0.1) is 0 Å². The van der Waals surface area contributed by atoms with Gasteiger partial charge in [-0.05, 0) is 55.3 Å². The highest BCUT2D eigenvalue weighted by Crippen LogP contribution is 2.34. The van der Waals surface area contributed by atoms with E-state index < -0.39 is 11.1 Å². The fourth-order valence-electron chi connectivity index (χ4n) is 3.75. The Kier molecular flexibility index (Phi) is 7.64. The highest BCUT2D eigenvalue weighted by atomic mass is 32.2. The van der Waals surface area contributed by atoms with Gasteiger partial charge in [0.2, 0.25) is 5.91 Å². The number of imide groups is 1. The van der Waals surface area contributed by atoms with Crippen LogP contribution in [0.4, 0.5) is 10.5 Å². The molecule has 2 aromatic carbocycles. The number of thioether (sulfide) groups is 1. The van der Waals surface area contributed by atoms with Gasteiger partial charge in [-0.25, -0.2) is 0 Å². The lowest BCUT2D eigenvalue weighted by atomic mass is 10.1. The molecule has 1 N–H and O–H groups in total. The van der Waals surface area contributed by atoms with Crippen molar-refractivity contribution in [2.75, 3.05) is 31.6 Å². The SMILES string of the molecule is O=C(COc1ccccc1/C=C1/SC(=O)N(CC(=O)N2CCCCC2)C1=O)Nc1ccccc1. The van der Waals surface area contributed by atoms with Crippen LogP contribution in [0.1, 0.15) is 24.8 Å². The number of amides is 4. The number of benzene rings is 2. The van der Waals surface area contributed by atoms with Crippen molar-refractivity contribution in [2.45, 2.75) is 19.3 Å². The summed E-state index contributed by atoms with van der Waals surface area (Å²) in [7, 11) is 0. The third kappa shape index (κ3) is 5.85. The number of carbonyl (C=O) groups is 4. The Bertz CT molecular complexity index is 1110. The van der Waals surface area contributed by atoms with Crippen LogP contribution in [0.3, 0.4) is 0 Å². The van der Waals surface area contributed by atoms with Gasteiger partial charge in [0.1, 0.15) is 12.3 Å². The predicted octanol–water partition coefficient (Wildman–Crippen LogP) is 3.75. The molecule has 0 aliphatic carbocycles. The number of rotatable bonds is 7. The van der Waals surface area contributed by atoms with E-state index in [0.29, 0.717) is 30.1 Å². The standard InChI is InChI=1S/C25H25N3O5S/c29-22(26-19-10-3-1-4-11-19)17-33-20-12-6-5-9-18(20)15-21-24(31)28(25(32)34-21)16-23(30)27-13-7-2-8-14-27/h1,3-6,9-12,15H,2,7-8,13-14,16-17H2,(H,26,29)/b21-15+. The van der Waals surface area contributed by atoms with Crippen molar-refractivity contribution in [2.24, 2.45) is 0 Å². The summed E-state index contributed by atoms with van der Waals surface area (Å²) in [6.45, 7) is 0.853. The molecule has 2 aliphatic heterocycles. The number of hydrogen-bond acceptors (Lipinski definition) is 6. The highest BCUT2D eigenvalue weighted by molar-refractivity contribution is 8.18. The summed E-state index contributed by atoms with van der Waals surface area (Å²) in [5.41, 5.74) is 1.22. The van der Waals surface area contributed by atoms with Gasteiger partial charge in [-0.1, -0.05) is 36.4 Å². The molecule has 4 amide bonds. The highest BCUT2D eigenvalue weighted by Gasteiger charge is 2.37. The minimum absolute atomic E-state index is 0.209. The molecule has 0 radical (unpaired) electrons. The molecular weight excluding hydrogens is 454 g/mol. The van der Waals surface area contributed by atoms with Crippen molar-refractivity contribution in [3.8, 4) is 5.75 Å². The first-order valence-corrected chi connectivity index (χ1v) is 11.9. The zero-order valence-corrected chi connectivity index (χ0v) is 19.4. The third-order valence-electron chi connectivity index (χ3n) is 5.50. The number of nitrogens with one attached hydrogen (secondary N) is 1. The predicted molar refractivity (Wildman–Crippen MR) is 130 cm³/mol. The van der Waals surface area contributed by atoms with Gasteiger partial charge >= 0.3 is 0 Å². The van der Waals surface area contributed by atoms with Gasteiger partial charge < -0.3 is 15.0 Å². The zero-order chi connectivity index (χ0) is 23.9. The molecule has 0 atom stereocenters. The molecule has 0 aromatic heterocycles. The maximum absolute atomic E-state index is 12.9. The van der Waals surface area contributed by atoms with Crippen LogP contribution in [-0.2, 0) is 14.4 Å². The normalized spacial score (nSPS) is 17.2. The van der Waals surface area contributed by atoms with Gasteiger partial charge in [0.15, 0.2) is 6.61 Å². The Morgan fingerprint density at radius 3 is 2.44 bits per heavy atom. The second-order valence-electron chi connectivity index (χ2n) is 7.95. The number of likely N-dealkylation sites (tertiary alicyclic amines) is 1. The van der Waals surface area contributed by atoms with E-state index in [1.54, 1.807) is 47.4 Å². The fraction of sp³-hybridized carbons (Fsp3) is 0.280. The summed E-state index contributed by atoms with van der Waals surface area (Å²) in [5, 5.41) is 2.27. The summed E-state index contributed by atoms with van der Waals surface area (Å²) in [5.74, 6) is -0.632. The minimum Gasteiger partial charge on any atom is -0.483 e. The van der Waals surface area contributed by atoms with Crippen LogP contribution < -0.4 is 10.1 Å². The molecule has 0 bridgehead atoms. The number of ether oxygens (including phenoxy) is 1. The van der Waals surface area contributed by atoms with Crippen molar-refractivity contribution in [3.63, 3.8) is 0 Å². The second kappa shape index (κ2) is 11.0. The zero-order valence-electron chi connectivity index (χ0n) is 18.6. The van der Waals surface area contributed by atoms with Crippen LogP contribution in [0.15, 0.2) is 59.5 Å². The molecule has 2 aromatic rings. The van der Waals surface area contributed by atoms with E-state index >= 15 is 0 Å². The smallest absolute Gasteiger partial charge is 0.294 e. The first-order chi connectivity index (χ1) is 16.5. The molecule has 34 heavy (non-hydrogen) atoms. The van der Waals surface area contributed by atoms with Gasteiger partial charge in [-0.15, -0.1) is 0 Å². The number of carbonyl (C=O) groups excluding carboxylic acids is 4.